The molecule has 5 rings (SSSR count). The van der Waals surface area contributed by atoms with Crippen LogP contribution in [0.4, 0.5) is 5.69 Å². The quantitative estimate of drug-likeness (QED) is 0.426. The Hall–Kier alpha value is -3.06. The average Bonchev–Trinajstić information content (AvgIpc) is 2.74. The van der Waals surface area contributed by atoms with Crippen molar-refractivity contribution in [1.82, 2.24) is 0 Å². The van der Waals surface area contributed by atoms with E-state index < -0.39 is 0 Å². The Balaban J connectivity index is 1.56. The first kappa shape index (κ1) is 16.1. The van der Waals surface area contributed by atoms with Gasteiger partial charge in [0, 0.05) is 12.2 Å². The second-order valence-electron chi connectivity index (χ2n) is 7.38. The van der Waals surface area contributed by atoms with Crippen LogP contribution >= 0.6 is 0 Å². The Morgan fingerprint density at radius 3 is 2.33 bits per heavy atom. The minimum Gasteiger partial charge on any atom is -0.364 e. The molecule has 0 radical (unpaired) electrons. The van der Waals surface area contributed by atoms with Crippen molar-refractivity contribution in [1.29, 1.82) is 0 Å². The number of rotatable bonds is 3. The molecular formula is C26H23N. The third-order valence-corrected chi connectivity index (χ3v) is 5.74. The molecule has 1 atom stereocenters. The maximum Gasteiger partial charge on any atom is 0.0585 e. The molecule has 0 saturated heterocycles. The maximum absolute atomic E-state index is 2.58. The molecular weight excluding hydrogens is 326 g/mol. The summed E-state index contributed by atoms with van der Waals surface area (Å²) in [7, 11) is 0. The molecule has 27 heavy (non-hydrogen) atoms. The third kappa shape index (κ3) is 3.10. The third-order valence-electron chi connectivity index (χ3n) is 5.74. The Morgan fingerprint density at radius 1 is 0.704 bits per heavy atom. The molecule has 132 valence electrons. The fourth-order valence-corrected chi connectivity index (χ4v) is 4.39. The molecule has 1 aliphatic heterocycles. The van der Waals surface area contributed by atoms with Crippen molar-refractivity contribution in [2.24, 2.45) is 0 Å². The van der Waals surface area contributed by atoms with Crippen molar-refractivity contribution < 1.29 is 0 Å². The summed E-state index contributed by atoms with van der Waals surface area (Å²) >= 11 is 0. The van der Waals surface area contributed by atoms with Gasteiger partial charge in [0.1, 0.15) is 0 Å². The number of hydrogen-bond acceptors (Lipinski definition) is 1. The molecule has 1 heteroatoms. The summed E-state index contributed by atoms with van der Waals surface area (Å²) in [6.07, 6.45) is 2.13. The number of fused-ring (bicyclic) bond motifs is 2. The highest BCUT2D eigenvalue weighted by Crippen LogP contribution is 2.36. The Bertz CT molecular complexity index is 1070. The van der Waals surface area contributed by atoms with Gasteiger partial charge in [-0.25, -0.2) is 0 Å². The molecule has 0 unspecified atom stereocenters. The SMILES string of the molecule is c1ccc(N2CCc3ccccc3[C@@H]2Cc2ccc3ccccc3c2)cc1. The van der Waals surface area contributed by atoms with E-state index in [2.05, 4.69) is 102 Å². The number of nitrogens with zero attached hydrogens (tertiary/aromatic N) is 1. The van der Waals surface area contributed by atoms with Gasteiger partial charge in [0.05, 0.1) is 6.04 Å². The van der Waals surface area contributed by atoms with Crippen molar-refractivity contribution in [2.45, 2.75) is 18.9 Å². The highest BCUT2D eigenvalue weighted by molar-refractivity contribution is 5.83. The number of para-hydroxylation sites is 1. The predicted molar refractivity (Wildman–Crippen MR) is 114 cm³/mol. The van der Waals surface area contributed by atoms with Gasteiger partial charge in [-0.3, -0.25) is 0 Å². The number of benzene rings is 4. The zero-order chi connectivity index (χ0) is 18.1. The lowest BCUT2D eigenvalue weighted by Crippen LogP contribution is -2.36. The van der Waals surface area contributed by atoms with Gasteiger partial charge >= 0.3 is 0 Å². The minimum atomic E-state index is 0.374. The van der Waals surface area contributed by atoms with Crippen molar-refractivity contribution >= 4 is 16.5 Å². The van der Waals surface area contributed by atoms with E-state index in [9.17, 15) is 0 Å². The highest BCUT2D eigenvalue weighted by atomic mass is 15.2. The number of hydrogen-bond donors (Lipinski definition) is 0. The summed E-state index contributed by atoms with van der Waals surface area (Å²) in [5.74, 6) is 0. The molecule has 0 fully saturated rings. The first-order valence-electron chi connectivity index (χ1n) is 9.76. The Kier molecular flexibility index (Phi) is 4.14. The van der Waals surface area contributed by atoms with Gasteiger partial charge in [-0.2, -0.15) is 0 Å². The van der Waals surface area contributed by atoms with E-state index in [0.29, 0.717) is 6.04 Å². The summed E-state index contributed by atoms with van der Waals surface area (Å²) in [6.45, 7) is 1.07. The molecule has 0 N–H and O–H groups in total. The van der Waals surface area contributed by atoms with Gasteiger partial charge in [0.15, 0.2) is 0 Å². The standard InChI is InChI=1S/C26H23N/c1-2-11-24(12-3-1)27-17-16-22-9-6-7-13-25(22)26(27)19-20-14-15-21-8-4-5-10-23(21)18-20/h1-15,18,26H,16-17,19H2/t26-/m0/s1. The van der Waals surface area contributed by atoms with Crippen LogP contribution in [0, 0.1) is 0 Å². The van der Waals surface area contributed by atoms with Crippen LogP contribution in [-0.2, 0) is 12.8 Å². The lowest BCUT2D eigenvalue weighted by atomic mass is 9.88. The lowest BCUT2D eigenvalue weighted by Gasteiger charge is -2.39. The van der Waals surface area contributed by atoms with Crippen molar-refractivity contribution in [3.63, 3.8) is 0 Å². The van der Waals surface area contributed by atoms with Crippen LogP contribution < -0.4 is 4.90 Å². The van der Waals surface area contributed by atoms with Crippen molar-refractivity contribution in [3.8, 4) is 0 Å². The van der Waals surface area contributed by atoms with Gasteiger partial charge in [0.25, 0.3) is 0 Å². The van der Waals surface area contributed by atoms with Crippen LogP contribution in [0.25, 0.3) is 10.8 Å². The van der Waals surface area contributed by atoms with E-state index in [4.69, 9.17) is 0 Å². The normalized spacial score (nSPS) is 16.3. The fourth-order valence-electron chi connectivity index (χ4n) is 4.39. The number of anilines is 1. The Morgan fingerprint density at radius 2 is 1.44 bits per heavy atom. The van der Waals surface area contributed by atoms with Crippen LogP contribution in [0.5, 0.6) is 0 Å². The molecule has 4 aromatic carbocycles. The van der Waals surface area contributed by atoms with Crippen LogP contribution in [0.2, 0.25) is 0 Å². The highest BCUT2D eigenvalue weighted by Gasteiger charge is 2.27. The van der Waals surface area contributed by atoms with Crippen LogP contribution in [0.15, 0.2) is 97.1 Å². The Labute approximate surface area is 160 Å². The first-order valence-corrected chi connectivity index (χ1v) is 9.76. The topological polar surface area (TPSA) is 3.24 Å². The molecule has 0 amide bonds. The summed E-state index contributed by atoms with van der Waals surface area (Å²) in [5, 5.41) is 2.63. The second-order valence-corrected chi connectivity index (χ2v) is 7.38. The summed E-state index contributed by atoms with van der Waals surface area (Å²) in [4.78, 5) is 2.58. The molecule has 1 nitrogen and oxygen atoms in total. The van der Waals surface area contributed by atoms with Crippen LogP contribution in [0.3, 0.4) is 0 Å². The zero-order valence-corrected chi connectivity index (χ0v) is 15.4. The van der Waals surface area contributed by atoms with Gasteiger partial charge in [0.2, 0.25) is 0 Å². The minimum absolute atomic E-state index is 0.374. The fraction of sp³-hybridized carbons (Fsp3) is 0.154. The largest absolute Gasteiger partial charge is 0.364 e. The zero-order valence-electron chi connectivity index (χ0n) is 15.4. The summed E-state index contributed by atoms with van der Waals surface area (Å²) in [6, 6.07) is 35.7. The van der Waals surface area contributed by atoms with Gasteiger partial charge < -0.3 is 4.90 Å². The van der Waals surface area contributed by atoms with Crippen molar-refractivity contribution in [3.05, 3.63) is 114 Å². The molecule has 0 bridgehead atoms. The average molecular weight is 349 g/mol. The van der Waals surface area contributed by atoms with E-state index in [0.717, 1.165) is 19.4 Å². The van der Waals surface area contributed by atoms with E-state index >= 15 is 0 Å². The first-order chi connectivity index (χ1) is 13.4. The molecule has 0 aromatic heterocycles. The smallest absolute Gasteiger partial charge is 0.0585 e. The van der Waals surface area contributed by atoms with Crippen LogP contribution in [-0.4, -0.2) is 6.54 Å². The van der Waals surface area contributed by atoms with E-state index in [1.165, 1.54) is 33.2 Å². The maximum atomic E-state index is 2.58. The summed E-state index contributed by atoms with van der Waals surface area (Å²) in [5.41, 5.74) is 5.69. The van der Waals surface area contributed by atoms with E-state index in [-0.39, 0.29) is 0 Å². The van der Waals surface area contributed by atoms with Gasteiger partial charge in [-0.1, -0.05) is 84.9 Å². The molecule has 4 aromatic rings. The van der Waals surface area contributed by atoms with Crippen LogP contribution in [0.1, 0.15) is 22.7 Å². The molecule has 0 spiro atoms. The molecule has 0 saturated carbocycles. The lowest BCUT2D eigenvalue weighted by molar-refractivity contribution is 0.580. The predicted octanol–water partition coefficient (Wildman–Crippen LogP) is 6.19. The monoisotopic (exact) mass is 349 g/mol. The van der Waals surface area contributed by atoms with Crippen molar-refractivity contribution in [2.75, 3.05) is 11.4 Å². The second kappa shape index (κ2) is 6.92. The molecule has 1 aliphatic rings. The van der Waals surface area contributed by atoms with Gasteiger partial charge in [-0.15, -0.1) is 0 Å². The summed E-state index contributed by atoms with van der Waals surface area (Å²) < 4.78 is 0. The molecule has 0 aliphatic carbocycles. The van der Waals surface area contributed by atoms with E-state index in [1.807, 2.05) is 0 Å². The van der Waals surface area contributed by atoms with E-state index in [1.54, 1.807) is 0 Å². The molecule has 1 heterocycles. The van der Waals surface area contributed by atoms with Gasteiger partial charge in [-0.05, 0) is 52.4 Å².